The van der Waals surface area contributed by atoms with Gasteiger partial charge in [-0.1, -0.05) is 6.92 Å². The molecule has 70 valence electrons. The summed E-state index contributed by atoms with van der Waals surface area (Å²) in [6.07, 6.45) is 2.03. The van der Waals surface area contributed by atoms with Crippen LogP contribution in [0.25, 0.3) is 0 Å². The highest BCUT2D eigenvalue weighted by Gasteiger charge is 2.29. The molecule has 3 nitrogen and oxygen atoms in total. The van der Waals surface area contributed by atoms with Gasteiger partial charge in [0.2, 0.25) is 0 Å². The predicted octanol–water partition coefficient (Wildman–Crippen LogP) is 0.938. The average Bonchev–Trinajstić information content (AvgIpc) is 2.52. The topological polar surface area (TPSA) is 38.3 Å². The first-order valence-corrected chi connectivity index (χ1v) is 4.68. The van der Waals surface area contributed by atoms with Crippen molar-refractivity contribution in [1.29, 1.82) is 0 Å². The lowest BCUT2D eigenvalue weighted by Crippen LogP contribution is -2.21. The normalized spacial score (nSPS) is 28.8. The number of hydrogen-bond acceptors (Lipinski definition) is 3. The van der Waals surface area contributed by atoms with Gasteiger partial charge in [-0.15, -0.1) is 0 Å². The third-order valence-corrected chi connectivity index (χ3v) is 2.33. The molecular formula is C9H17NO2. The Labute approximate surface area is 73.5 Å². The van der Waals surface area contributed by atoms with E-state index in [4.69, 9.17) is 4.74 Å². The van der Waals surface area contributed by atoms with Crippen LogP contribution in [0.2, 0.25) is 0 Å². The third kappa shape index (κ3) is 2.21. The Kier molecular flexibility index (Phi) is 3.53. The molecule has 0 amide bonds. The van der Waals surface area contributed by atoms with Crippen molar-refractivity contribution in [1.82, 2.24) is 5.32 Å². The monoisotopic (exact) mass is 171 g/mol. The molecule has 0 aliphatic carbocycles. The van der Waals surface area contributed by atoms with Crippen LogP contribution in [0.1, 0.15) is 26.7 Å². The molecule has 0 saturated carbocycles. The molecule has 1 aliphatic rings. The average molecular weight is 171 g/mol. The Morgan fingerprint density at radius 2 is 2.33 bits per heavy atom. The van der Waals surface area contributed by atoms with Crippen LogP contribution in [0.15, 0.2) is 0 Å². The number of esters is 1. The van der Waals surface area contributed by atoms with Crippen molar-refractivity contribution in [2.45, 2.75) is 32.7 Å². The van der Waals surface area contributed by atoms with Gasteiger partial charge in [-0.3, -0.25) is 4.79 Å². The zero-order valence-electron chi connectivity index (χ0n) is 7.80. The SMILES string of the molecule is CCOC(=O)C1CNC(CC)C1. The molecule has 12 heavy (non-hydrogen) atoms. The molecule has 2 atom stereocenters. The quantitative estimate of drug-likeness (QED) is 0.642. The lowest BCUT2D eigenvalue weighted by atomic mass is 10.0. The Morgan fingerprint density at radius 1 is 1.58 bits per heavy atom. The lowest BCUT2D eigenvalue weighted by molar-refractivity contribution is -0.147. The second kappa shape index (κ2) is 4.45. The first-order valence-electron chi connectivity index (χ1n) is 4.68. The van der Waals surface area contributed by atoms with Gasteiger partial charge in [-0.2, -0.15) is 0 Å². The van der Waals surface area contributed by atoms with Crippen LogP contribution < -0.4 is 5.32 Å². The van der Waals surface area contributed by atoms with E-state index in [1.54, 1.807) is 0 Å². The van der Waals surface area contributed by atoms with Crippen molar-refractivity contribution in [3.05, 3.63) is 0 Å². The molecular weight excluding hydrogens is 154 g/mol. The molecule has 3 heteroatoms. The van der Waals surface area contributed by atoms with E-state index in [9.17, 15) is 4.79 Å². The lowest BCUT2D eigenvalue weighted by Gasteiger charge is -2.07. The number of hydrogen-bond donors (Lipinski definition) is 1. The minimum atomic E-state index is -0.0408. The maximum absolute atomic E-state index is 11.2. The van der Waals surface area contributed by atoms with Gasteiger partial charge in [0.25, 0.3) is 0 Å². The van der Waals surface area contributed by atoms with Crippen molar-refractivity contribution in [2.24, 2.45) is 5.92 Å². The van der Waals surface area contributed by atoms with E-state index in [1.807, 2.05) is 6.92 Å². The maximum atomic E-state index is 11.2. The smallest absolute Gasteiger partial charge is 0.310 e. The summed E-state index contributed by atoms with van der Waals surface area (Å²) in [5.41, 5.74) is 0. The second-order valence-electron chi connectivity index (χ2n) is 3.20. The minimum Gasteiger partial charge on any atom is -0.466 e. The first kappa shape index (κ1) is 9.52. The summed E-state index contributed by atoms with van der Waals surface area (Å²) in [5, 5.41) is 3.29. The maximum Gasteiger partial charge on any atom is 0.310 e. The van der Waals surface area contributed by atoms with Gasteiger partial charge in [-0.05, 0) is 19.8 Å². The summed E-state index contributed by atoms with van der Waals surface area (Å²) in [5.74, 6) is 0.0517. The fourth-order valence-corrected chi connectivity index (χ4v) is 1.57. The highest BCUT2D eigenvalue weighted by molar-refractivity contribution is 5.73. The molecule has 0 aromatic rings. The van der Waals surface area contributed by atoms with Crippen molar-refractivity contribution >= 4 is 5.97 Å². The fourth-order valence-electron chi connectivity index (χ4n) is 1.57. The zero-order valence-corrected chi connectivity index (χ0v) is 7.80. The molecule has 0 aromatic heterocycles. The van der Waals surface area contributed by atoms with Crippen LogP contribution in [0, 0.1) is 5.92 Å². The number of carbonyl (C=O) groups excluding carboxylic acids is 1. The molecule has 1 aliphatic heterocycles. The summed E-state index contributed by atoms with van der Waals surface area (Å²) < 4.78 is 4.94. The summed E-state index contributed by atoms with van der Waals surface area (Å²) in [6, 6.07) is 0.513. The molecule has 1 saturated heterocycles. The standard InChI is InChI=1S/C9H17NO2/c1-3-8-5-7(6-10-8)9(11)12-4-2/h7-8,10H,3-6H2,1-2H3. The highest BCUT2D eigenvalue weighted by atomic mass is 16.5. The van der Waals surface area contributed by atoms with Gasteiger partial charge < -0.3 is 10.1 Å². The van der Waals surface area contributed by atoms with Gasteiger partial charge in [-0.25, -0.2) is 0 Å². The van der Waals surface area contributed by atoms with Crippen molar-refractivity contribution < 1.29 is 9.53 Å². The summed E-state index contributed by atoms with van der Waals surface area (Å²) in [4.78, 5) is 11.2. The summed E-state index contributed by atoms with van der Waals surface area (Å²) in [7, 11) is 0. The Hall–Kier alpha value is -0.570. The third-order valence-electron chi connectivity index (χ3n) is 2.33. The van der Waals surface area contributed by atoms with Crippen LogP contribution in [-0.2, 0) is 9.53 Å². The largest absolute Gasteiger partial charge is 0.466 e. The molecule has 1 fully saturated rings. The molecule has 1 heterocycles. The van der Waals surface area contributed by atoms with Gasteiger partial charge in [0.05, 0.1) is 12.5 Å². The number of rotatable bonds is 3. The molecule has 0 radical (unpaired) electrons. The van der Waals surface area contributed by atoms with Crippen molar-refractivity contribution in [3.63, 3.8) is 0 Å². The molecule has 2 unspecified atom stereocenters. The van der Waals surface area contributed by atoms with Crippen LogP contribution in [0.4, 0.5) is 0 Å². The van der Waals surface area contributed by atoms with Crippen LogP contribution in [-0.4, -0.2) is 25.2 Å². The fraction of sp³-hybridized carbons (Fsp3) is 0.889. The van der Waals surface area contributed by atoms with E-state index >= 15 is 0 Å². The van der Waals surface area contributed by atoms with E-state index in [1.165, 1.54) is 0 Å². The highest BCUT2D eigenvalue weighted by Crippen LogP contribution is 2.17. The van der Waals surface area contributed by atoms with E-state index in [2.05, 4.69) is 12.2 Å². The molecule has 0 aromatic carbocycles. The van der Waals surface area contributed by atoms with Crippen LogP contribution in [0.5, 0.6) is 0 Å². The molecule has 0 spiro atoms. The van der Waals surface area contributed by atoms with Crippen LogP contribution >= 0.6 is 0 Å². The summed E-state index contributed by atoms with van der Waals surface area (Å²) in [6.45, 7) is 5.26. The van der Waals surface area contributed by atoms with Crippen molar-refractivity contribution in [3.8, 4) is 0 Å². The first-order chi connectivity index (χ1) is 5.77. The second-order valence-corrected chi connectivity index (χ2v) is 3.20. The zero-order chi connectivity index (χ0) is 8.97. The van der Waals surface area contributed by atoms with Gasteiger partial charge in [0.1, 0.15) is 0 Å². The Morgan fingerprint density at radius 3 is 2.83 bits per heavy atom. The van der Waals surface area contributed by atoms with Crippen LogP contribution in [0.3, 0.4) is 0 Å². The Balaban J connectivity index is 2.31. The van der Waals surface area contributed by atoms with Gasteiger partial charge >= 0.3 is 5.97 Å². The van der Waals surface area contributed by atoms with Gasteiger partial charge in [0, 0.05) is 12.6 Å². The minimum absolute atomic E-state index is 0.0408. The van der Waals surface area contributed by atoms with E-state index in [0.717, 1.165) is 19.4 Å². The van der Waals surface area contributed by atoms with Gasteiger partial charge in [0.15, 0.2) is 0 Å². The predicted molar refractivity (Wildman–Crippen MR) is 46.8 cm³/mol. The number of ether oxygens (including phenoxy) is 1. The molecule has 1 N–H and O–H groups in total. The van der Waals surface area contributed by atoms with Crippen molar-refractivity contribution in [2.75, 3.05) is 13.2 Å². The Bertz CT molecular complexity index is 159. The number of nitrogens with one attached hydrogen (secondary N) is 1. The summed E-state index contributed by atoms with van der Waals surface area (Å²) >= 11 is 0. The van der Waals surface area contributed by atoms with E-state index < -0.39 is 0 Å². The van der Waals surface area contributed by atoms with E-state index in [0.29, 0.717) is 12.6 Å². The molecule has 0 bridgehead atoms. The van der Waals surface area contributed by atoms with E-state index in [-0.39, 0.29) is 11.9 Å². The number of carbonyl (C=O) groups is 1. The molecule has 1 rings (SSSR count).